The molecule has 0 unspecified atom stereocenters. The van der Waals surface area contributed by atoms with Crippen LogP contribution in [0.5, 0.6) is 0 Å². The normalized spacial score (nSPS) is 16.7. The van der Waals surface area contributed by atoms with Crippen LogP contribution in [-0.2, 0) is 10.9 Å². The fraction of sp³-hybridized carbons (Fsp3) is 0.250. The first-order chi connectivity index (χ1) is 14.3. The summed E-state index contributed by atoms with van der Waals surface area (Å²) in [6.45, 7) is 1.07. The smallest absolute Gasteiger partial charge is 0.379 e. The fourth-order valence-electron chi connectivity index (χ4n) is 3.27. The number of carbonyl (C=O) groups excluding carboxylic acids is 1. The maximum Gasteiger partial charge on any atom is 0.434 e. The van der Waals surface area contributed by atoms with Crippen molar-refractivity contribution in [2.45, 2.75) is 18.6 Å². The Hall–Kier alpha value is -2.72. The monoisotopic (exact) mass is 481 g/mol. The number of aromatic nitrogens is 2. The van der Waals surface area contributed by atoms with Gasteiger partial charge in [0.25, 0.3) is 11.5 Å². The van der Waals surface area contributed by atoms with Gasteiger partial charge >= 0.3 is 6.18 Å². The van der Waals surface area contributed by atoms with Crippen LogP contribution in [0.3, 0.4) is 0 Å². The number of pyridine rings is 1. The average Bonchev–Trinajstić information content (AvgIpc) is 3.22. The van der Waals surface area contributed by atoms with Gasteiger partial charge in [-0.1, -0.05) is 12.1 Å². The van der Waals surface area contributed by atoms with Crippen LogP contribution >= 0.6 is 15.9 Å². The average molecular weight is 482 g/mol. The van der Waals surface area contributed by atoms with Gasteiger partial charge in [0.2, 0.25) is 0 Å². The Bertz CT molecular complexity index is 1170. The van der Waals surface area contributed by atoms with Crippen LogP contribution in [0.2, 0.25) is 0 Å². The fourth-order valence-corrected chi connectivity index (χ4v) is 3.78. The van der Waals surface area contributed by atoms with Gasteiger partial charge in [0, 0.05) is 23.9 Å². The van der Waals surface area contributed by atoms with E-state index in [4.69, 9.17) is 4.74 Å². The van der Waals surface area contributed by atoms with Crippen molar-refractivity contribution in [3.8, 4) is 11.1 Å². The lowest BCUT2D eigenvalue weighted by Gasteiger charge is -2.13. The van der Waals surface area contributed by atoms with Crippen LogP contribution in [0.25, 0.3) is 16.8 Å². The van der Waals surface area contributed by atoms with Gasteiger partial charge in [0.1, 0.15) is 10.1 Å². The molecule has 4 rings (SSSR count). The van der Waals surface area contributed by atoms with Gasteiger partial charge in [-0.15, -0.1) is 0 Å². The van der Waals surface area contributed by atoms with E-state index in [1.165, 1.54) is 6.20 Å². The number of alkyl halides is 3. The largest absolute Gasteiger partial charge is 0.434 e. The SMILES string of the molecule is O=C(N[C@H]1CCOC1)c1ccc(-c2cccn3c(=O)c(Br)c(C(F)(F)F)nc23)cc1. The van der Waals surface area contributed by atoms with Gasteiger partial charge in [-0.3, -0.25) is 14.0 Å². The summed E-state index contributed by atoms with van der Waals surface area (Å²) in [5.74, 6) is -0.257. The Labute approximate surface area is 176 Å². The predicted octanol–water partition coefficient (Wildman–Crippen LogP) is 3.66. The summed E-state index contributed by atoms with van der Waals surface area (Å²) in [5.41, 5.74) is -0.994. The molecule has 1 fully saturated rings. The number of amides is 1. The van der Waals surface area contributed by atoms with E-state index in [1.54, 1.807) is 36.4 Å². The molecule has 30 heavy (non-hydrogen) atoms. The summed E-state index contributed by atoms with van der Waals surface area (Å²) in [4.78, 5) is 28.5. The number of nitrogens with zero attached hydrogens (tertiary/aromatic N) is 2. The van der Waals surface area contributed by atoms with Crippen LogP contribution in [-0.4, -0.2) is 34.5 Å². The third kappa shape index (κ3) is 3.84. The lowest BCUT2D eigenvalue weighted by atomic mass is 10.0. The van der Waals surface area contributed by atoms with E-state index in [2.05, 4.69) is 26.2 Å². The second-order valence-electron chi connectivity index (χ2n) is 6.80. The van der Waals surface area contributed by atoms with Crippen LogP contribution in [0.15, 0.2) is 51.9 Å². The minimum absolute atomic E-state index is 0.0365. The second kappa shape index (κ2) is 7.84. The summed E-state index contributed by atoms with van der Waals surface area (Å²) in [6.07, 6.45) is -2.69. The zero-order valence-electron chi connectivity index (χ0n) is 15.4. The van der Waals surface area contributed by atoms with Gasteiger partial charge in [-0.2, -0.15) is 13.2 Å². The number of fused-ring (bicyclic) bond motifs is 1. The molecular weight excluding hydrogens is 467 g/mol. The standard InChI is InChI=1S/C20H15BrF3N3O3/c21-15-16(20(22,23)24)26-17-14(2-1-8-27(17)19(15)29)11-3-5-12(6-4-11)18(28)25-13-7-9-30-10-13/h1-6,8,13H,7,9-10H2,(H,25,28)/t13-/m0/s1. The van der Waals surface area contributed by atoms with Crippen molar-refractivity contribution in [2.75, 3.05) is 13.2 Å². The number of benzene rings is 1. The topological polar surface area (TPSA) is 72.7 Å². The number of rotatable bonds is 3. The maximum atomic E-state index is 13.3. The minimum Gasteiger partial charge on any atom is -0.379 e. The Morgan fingerprint density at radius 2 is 1.97 bits per heavy atom. The molecule has 1 saturated heterocycles. The maximum absolute atomic E-state index is 13.3. The molecule has 1 N–H and O–H groups in total. The van der Waals surface area contributed by atoms with E-state index >= 15 is 0 Å². The summed E-state index contributed by atoms with van der Waals surface area (Å²) in [6, 6.07) is 9.45. The molecule has 0 saturated carbocycles. The highest BCUT2D eigenvalue weighted by atomic mass is 79.9. The van der Waals surface area contributed by atoms with Crippen LogP contribution in [0, 0.1) is 0 Å². The molecule has 2 aromatic heterocycles. The van der Waals surface area contributed by atoms with Gasteiger partial charge in [0.15, 0.2) is 5.69 Å². The van der Waals surface area contributed by atoms with E-state index < -0.39 is 21.9 Å². The van der Waals surface area contributed by atoms with Crippen LogP contribution < -0.4 is 10.9 Å². The Balaban J connectivity index is 1.73. The van der Waals surface area contributed by atoms with Gasteiger partial charge in [-0.05, 0) is 52.2 Å². The number of nitrogens with one attached hydrogen (secondary N) is 1. The van der Waals surface area contributed by atoms with E-state index in [-0.39, 0.29) is 17.6 Å². The number of hydrogen-bond donors (Lipinski definition) is 1. The van der Waals surface area contributed by atoms with Crippen molar-refractivity contribution >= 4 is 27.5 Å². The quantitative estimate of drug-likeness (QED) is 0.619. The molecular formula is C20H15BrF3N3O3. The molecule has 0 spiro atoms. The van der Waals surface area contributed by atoms with E-state index in [0.717, 1.165) is 10.8 Å². The first-order valence-corrected chi connectivity index (χ1v) is 9.82. The predicted molar refractivity (Wildman–Crippen MR) is 106 cm³/mol. The molecule has 1 aromatic carbocycles. The molecule has 0 aliphatic carbocycles. The molecule has 1 aliphatic rings. The van der Waals surface area contributed by atoms with Crippen molar-refractivity contribution in [1.29, 1.82) is 0 Å². The zero-order chi connectivity index (χ0) is 21.5. The molecule has 0 radical (unpaired) electrons. The van der Waals surface area contributed by atoms with Crippen molar-refractivity contribution in [1.82, 2.24) is 14.7 Å². The number of carbonyl (C=O) groups is 1. The Morgan fingerprint density at radius 1 is 1.23 bits per heavy atom. The summed E-state index contributed by atoms with van der Waals surface area (Å²) < 4.78 is 45.6. The lowest BCUT2D eigenvalue weighted by molar-refractivity contribution is -0.141. The second-order valence-corrected chi connectivity index (χ2v) is 7.60. The first-order valence-electron chi connectivity index (χ1n) is 9.03. The number of halogens is 4. The highest BCUT2D eigenvalue weighted by Crippen LogP contribution is 2.33. The van der Waals surface area contributed by atoms with Crippen molar-refractivity contribution < 1.29 is 22.7 Å². The highest BCUT2D eigenvalue weighted by Gasteiger charge is 2.37. The first kappa shape index (κ1) is 20.5. The molecule has 0 bridgehead atoms. The molecule has 1 aliphatic heterocycles. The van der Waals surface area contributed by atoms with Crippen LogP contribution in [0.4, 0.5) is 13.2 Å². The molecule has 156 valence electrons. The van der Waals surface area contributed by atoms with Crippen molar-refractivity contribution in [2.24, 2.45) is 0 Å². The molecule has 3 aromatic rings. The molecule has 1 atom stereocenters. The van der Waals surface area contributed by atoms with Crippen molar-refractivity contribution in [3.05, 3.63) is 68.7 Å². The van der Waals surface area contributed by atoms with E-state index in [1.807, 2.05) is 0 Å². The lowest BCUT2D eigenvalue weighted by Crippen LogP contribution is -2.34. The van der Waals surface area contributed by atoms with Crippen LogP contribution in [0.1, 0.15) is 22.5 Å². The number of hydrogen-bond acceptors (Lipinski definition) is 4. The van der Waals surface area contributed by atoms with Gasteiger partial charge < -0.3 is 10.1 Å². The van der Waals surface area contributed by atoms with Gasteiger partial charge in [-0.25, -0.2) is 4.98 Å². The Kier molecular flexibility index (Phi) is 5.37. The molecule has 6 nitrogen and oxygen atoms in total. The number of ether oxygens (including phenoxy) is 1. The molecule has 10 heteroatoms. The van der Waals surface area contributed by atoms with E-state index in [0.29, 0.717) is 29.9 Å². The molecule has 1 amide bonds. The summed E-state index contributed by atoms with van der Waals surface area (Å²) in [5, 5.41) is 2.87. The summed E-state index contributed by atoms with van der Waals surface area (Å²) in [7, 11) is 0. The third-order valence-electron chi connectivity index (χ3n) is 4.79. The van der Waals surface area contributed by atoms with Crippen molar-refractivity contribution in [3.63, 3.8) is 0 Å². The van der Waals surface area contributed by atoms with E-state index in [9.17, 15) is 22.8 Å². The zero-order valence-corrected chi connectivity index (χ0v) is 17.0. The molecule has 3 heterocycles. The third-order valence-corrected chi connectivity index (χ3v) is 5.51. The minimum atomic E-state index is -4.79. The summed E-state index contributed by atoms with van der Waals surface area (Å²) >= 11 is 2.71. The Morgan fingerprint density at radius 3 is 2.60 bits per heavy atom. The van der Waals surface area contributed by atoms with Gasteiger partial charge in [0.05, 0.1) is 12.6 Å². The highest BCUT2D eigenvalue weighted by molar-refractivity contribution is 9.10.